The van der Waals surface area contributed by atoms with Crippen molar-refractivity contribution >= 4 is 11.9 Å². The van der Waals surface area contributed by atoms with E-state index in [2.05, 4.69) is 9.97 Å². The van der Waals surface area contributed by atoms with Gasteiger partial charge in [-0.25, -0.2) is 14.8 Å². The number of carboxylic acids is 1. The van der Waals surface area contributed by atoms with Crippen molar-refractivity contribution in [2.75, 3.05) is 11.9 Å². The summed E-state index contributed by atoms with van der Waals surface area (Å²) >= 11 is 0. The van der Waals surface area contributed by atoms with E-state index in [4.69, 9.17) is 10.4 Å². The fourth-order valence-corrected chi connectivity index (χ4v) is 0.966. The zero-order valence-electron chi connectivity index (χ0n) is 9.30. The van der Waals surface area contributed by atoms with Crippen LogP contribution in [0.2, 0.25) is 0 Å². The molecule has 0 radical (unpaired) electrons. The Balaban J connectivity index is 3.10. The number of rotatable bonds is 3. The third-order valence-electron chi connectivity index (χ3n) is 2.42. The summed E-state index contributed by atoms with van der Waals surface area (Å²) in [6.07, 6.45) is 1.43. The maximum atomic E-state index is 11.0. The molecule has 0 bridgehead atoms. The van der Waals surface area contributed by atoms with Crippen molar-refractivity contribution in [3.8, 4) is 6.07 Å². The maximum absolute atomic E-state index is 11.0. The highest BCUT2D eigenvalue weighted by atomic mass is 16.4. The molecule has 1 N–H and O–H groups in total. The van der Waals surface area contributed by atoms with Crippen molar-refractivity contribution in [3.05, 3.63) is 18.0 Å². The van der Waals surface area contributed by atoms with E-state index < -0.39 is 11.5 Å². The van der Waals surface area contributed by atoms with Crippen molar-refractivity contribution in [2.24, 2.45) is 0 Å². The van der Waals surface area contributed by atoms with Gasteiger partial charge in [0.1, 0.15) is 17.3 Å². The molecular weight excluding hydrogens is 208 g/mol. The van der Waals surface area contributed by atoms with Crippen LogP contribution >= 0.6 is 0 Å². The van der Waals surface area contributed by atoms with Gasteiger partial charge in [0.05, 0.1) is 0 Å². The summed E-state index contributed by atoms with van der Waals surface area (Å²) in [4.78, 5) is 20.3. The Hall–Kier alpha value is -2.16. The molecule has 84 valence electrons. The Bertz CT molecular complexity index is 450. The number of nitrogens with zero attached hydrogens (tertiary/aromatic N) is 4. The van der Waals surface area contributed by atoms with Crippen LogP contribution < -0.4 is 4.90 Å². The molecule has 0 spiro atoms. The smallest absolute Gasteiger partial charge is 0.329 e. The van der Waals surface area contributed by atoms with E-state index in [1.54, 1.807) is 7.05 Å². The van der Waals surface area contributed by atoms with Gasteiger partial charge in [0.15, 0.2) is 0 Å². The van der Waals surface area contributed by atoms with E-state index in [1.165, 1.54) is 31.0 Å². The summed E-state index contributed by atoms with van der Waals surface area (Å²) < 4.78 is 0. The average Bonchev–Trinajstić information content (AvgIpc) is 2.27. The first-order chi connectivity index (χ1) is 7.39. The molecule has 6 heteroatoms. The molecular formula is C10H12N4O2. The number of aliphatic carboxylic acids is 1. The molecule has 0 saturated heterocycles. The summed E-state index contributed by atoms with van der Waals surface area (Å²) in [6, 6.07) is 3.34. The van der Waals surface area contributed by atoms with Gasteiger partial charge in [0.2, 0.25) is 5.95 Å². The fourth-order valence-electron chi connectivity index (χ4n) is 0.966. The lowest BCUT2D eigenvalue weighted by molar-refractivity contribution is -0.142. The molecule has 0 aliphatic carbocycles. The van der Waals surface area contributed by atoms with Gasteiger partial charge in [-0.05, 0) is 19.9 Å². The SMILES string of the molecule is CN(c1nccc(C#N)n1)C(C)(C)C(=O)O. The molecule has 1 aromatic rings. The van der Waals surface area contributed by atoms with Gasteiger partial charge in [-0.3, -0.25) is 0 Å². The summed E-state index contributed by atoms with van der Waals surface area (Å²) in [5.74, 6) is -0.771. The van der Waals surface area contributed by atoms with E-state index in [9.17, 15) is 4.79 Å². The molecule has 0 atom stereocenters. The van der Waals surface area contributed by atoms with Crippen LogP contribution in [-0.2, 0) is 4.79 Å². The van der Waals surface area contributed by atoms with Crippen molar-refractivity contribution in [3.63, 3.8) is 0 Å². The van der Waals surface area contributed by atoms with E-state index >= 15 is 0 Å². The number of anilines is 1. The van der Waals surface area contributed by atoms with Crippen LogP contribution in [0.5, 0.6) is 0 Å². The first kappa shape index (κ1) is 11.9. The van der Waals surface area contributed by atoms with Gasteiger partial charge in [0, 0.05) is 13.2 Å². The minimum atomic E-state index is -1.13. The summed E-state index contributed by atoms with van der Waals surface area (Å²) in [7, 11) is 1.57. The second kappa shape index (κ2) is 4.14. The Morgan fingerprint density at radius 2 is 2.25 bits per heavy atom. The van der Waals surface area contributed by atoms with Crippen LogP contribution in [0.15, 0.2) is 12.3 Å². The molecule has 6 nitrogen and oxygen atoms in total. The highest BCUT2D eigenvalue weighted by Gasteiger charge is 2.33. The first-order valence-electron chi connectivity index (χ1n) is 4.60. The third-order valence-corrected chi connectivity index (χ3v) is 2.42. The molecule has 0 amide bonds. The predicted molar refractivity (Wildman–Crippen MR) is 56.9 cm³/mol. The van der Waals surface area contributed by atoms with E-state index in [0.717, 1.165) is 0 Å². The summed E-state index contributed by atoms with van der Waals surface area (Å²) in [6.45, 7) is 3.08. The quantitative estimate of drug-likeness (QED) is 0.804. The molecule has 1 heterocycles. The van der Waals surface area contributed by atoms with Gasteiger partial charge in [-0.1, -0.05) is 0 Å². The maximum Gasteiger partial charge on any atom is 0.329 e. The van der Waals surface area contributed by atoms with Crippen molar-refractivity contribution in [1.82, 2.24) is 9.97 Å². The second-order valence-electron chi connectivity index (χ2n) is 3.78. The minimum Gasteiger partial charge on any atom is -0.480 e. The number of carboxylic acid groups (broad SMARTS) is 1. The van der Waals surface area contributed by atoms with E-state index in [-0.39, 0.29) is 11.6 Å². The minimum absolute atomic E-state index is 0.207. The molecule has 16 heavy (non-hydrogen) atoms. The van der Waals surface area contributed by atoms with Crippen LogP contribution in [0.25, 0.3) is 0 Å². The largest absolute Gasteiger partial charge is 0.480 e. The van der Waals surface area contributed by atoms with Crippen molar-refractivity contribution < 1.29 is 9.90 Å². The molecule has 0 unspecified atom stereocenters. The van der Waals surface area contributed by atoms with Gasteiger partial charge in [-0.2, -0.15) is 5.26 Å². The normalized spacial score (nSPS) is 10.6. The number of nitriles is 1. The number of likely N-dealkylation sites (N-methyl/N-ethyl adjacent to an activating group) is 1. The van der Waals surface area contributed by atoms with Gasteiger partial charge in [-0.15, -0.1) is 0 Å². The number of hydrogen-bond donors (Lipinski definition) is 1. The zero-order valence-corrected chi connectivity index (χ0v) is 9.30. The average molecular weight is 220 g/mol. The summed E-state index contributed by atoms with van der Waals surface area (Å²) in [5, 5.41) is 17.7. The van der Waals surface area contributed by atoms with Crippen LogP contribution in [0.1, 0.15) is 19.5 Å². The number of aromatic nitrogens is 2. The lowest BCUT2D eigenvalue weighted by Gasteiger charge is -2.31. The number of carbonyl (C=O) groups is 1. The molecule has 0 aliphatic heterocycles. The van der Waals surface area contributed by atoms with Crippen molar-refractivity contribution in [1.29, 1.82) is 5.26 Å². The van der Waals surface area contributed by atoms with Crippen LogP contribution in [-0.4, -0.2) is 33.6 Å². The van der Waals surface area contributed by atoms with E-state index in [1.807, 2.05) is 6.07 Å². The lowest BCUT2D eigenvalue weighted by Crippen LogP contribution is -2.48. The first-order valence-corrected chi connectivity index (χ1v) is 4.60. The van der Waals surface area contributed by atoms with Gasteiger partial charge < -0.3 is 10.0 Å². The Kier molecular flexibility index (Phi) is 3.09. The highest BCUT2D eigenvalue weighted by Crippen LogP contribution is 2.18. The monoisotopic (exact) mass is 220 g/mol. The highest BCUT2D eigenvalue weighted by molar-refractivity contribution is 5.81. The second-order valence-corrected chi connectivity index (χ2v) is 3.78. The zero-order chi connectivity index (χ0) is 12.3. The Morgan fingerprint density at radius 1 is 1.62 bits per heavy atom. The molecule has 0 saturated carbocycles. The predicted octanol–water partition coefficient (Wildman–Crippen LogP) is 0.648. The lowest BCUT2D eigenvalue weighted by atomic mass is 10.1. The van der Waals surface area contributed by atoms with Crippen LogP contribution in [0.4, 0.5) is 5.95 Å². The molecule has 1 rings (SSSR count). The third kappa shape index (κ3) is 2.08. The molecule has 0 aliphatic rings. The Labute approximate surface area is 93.2 Å². The molecule has 1 aromatic heterocycles. The van der Waals surface area contributed by atoms with E-state index in [0.29, 0.717) is 0 Å². The van der Waals surface area contributed by atoms with Crippen LogP contribution in [0, 0.1) is 11.3 Å². The molecule has 0 aromatic carbocycles. The fraction of sp³-hybridized carbons (Fsp3) is 0.400. The summed E-state index contributed by atoms with van der Waals surface area (Å²) in [5.41, 5.74) is -0.924. The van der Waals surface area contributed by atoms with Gasteiger partial charge in [0.25, 0.3) is 0 Å². The molecule has 0 fully saturated rings. The van der Waals surface area contributed by atoms with Gasteiger partial charge >= 0.3 is 5.97 Å². The number of hydrogen-bond acceptors (Lipinski definition) is 5. The van der Waals surface area contributed by atoms with Crippen molar-refractivity contribution in [2.45, 2.75) is 19.4 Å². The Morgan fingerprint density at radius 3 is 2.75 bits per heavy atom. The standard InChI is InChI=1S/C10H12N4O2/c1-10(2,8(15)16)14(3)9-12-5-4-7(6-11)13-9/h4-5H,1-3H3,(H,15,16). The topological polar surface area (TPSA) is 90.1 Å². The van der Waals surface area contributed by atoms with Crippen LogP contribution in [0.3, 0.4) is 0 Å².